The molecule has 0 unspecified atom stereocenters. The van der Waals surface area contributed by atoms with Crippen molar-refractivity contribution in [2.45, 2.75) is 0 Å². The Bertz CT molecular complexity index is 4600. The summed E-state index contributed by atoms with van der Waals surface area (Å²) in [5, 5.41) is 0.313. The van der Waals surface area contributed by atoms with Crippen LogP contribution in [0.5, 0.6) is 0 Å². The Hall–Kier alpha value is -7.62. The van der Waals surface area contributed by atoms with Crippen LogP contribution in [0.25, 0.3) is 105 Å². The molecule has 0 fully saturated rings. The first-order valence-electron chi connectivity index (χ1n) is 27.6. The molecule has 0 saturated carbocycles. The third kappa shape index (κ3) is 4.79. The molecule has 0 amide bonds. The van der Waals surface area contributed by atoms with E-state index < -0.39 is 126 Å². The zero-order valence-corrected chi connectivity index (χ0v) is 29.6. The van der Waals surface area contributed by atoms with Crippen LogP contribution in [-0.2, 0) is 0 Å². The molecule has 12 aromatic rings. The number of hydrogen-bond acceptors (Lipinski definition) is 0. The maximum atomic E-state index is 10.0. The Morgan fingerprint density at radius 2 is 0.877 bits per heavy atom. The van der Waals surface area contributed by atoms with Crippen LogP contribution in [0.3, 0.4) is 0 Å². The van der Waals surface area contributed by atoms with Gasteiger partial charge in [0.25, 0.3) is 0 Å². The summed E-state index contributed by atoms with van der Waals surface area (Å²) in [4.78, 5) is 0. The van der Waals surface area contributed by atoms with E-state index in [9.17, 15) is 13.7 Å². The average molecular weight is 745 g/mol. The molecule has 0 spiro atoms. The second-order valence-corrected chi connectivity index (χ2v) is 13.5. The van der Waals surface area contributed by atoms with Gasteiger partial charge >= 0.3 is 0 Å². The average Bonchev–Trinajstić information content (AvgIpc) is 4.10. The lowest BCUT2D eigenvalue weighted by Crippen LogP contribution is -1.97. The lowest BCUT2D eigenvalue weighted by Gasteiger charge is -2.14. The van der Waals surface area contributed by atoms with Crippen LogP contribution in [0.15, 0.2) is 212 Å². The monoisotopic (exact) mass is 744 g/mol. The van der Waals surface area contributed by atoms with E-state index in [-0.39, 0.29) is 55.0 Å². The van der Waals surface area contributed by atoms with Crippen LogP contribution in [0, 0.1) is 0 Å². The molecule has 0 bridgehead atoms. The Morgan fingerprint density at radius 3 is 1.63 bits per heavy atom. The number of aromatic nitrogens is 3. The zero-order chi connectivity index (χ0) is 54.0. The van der Waals surface area contributed by atoms with Crippen molar-refractivity contribution < 1.29 is 26.0 Å². The van der Waals surface area contributed by atoms with Crippen molar-refractivity contribution in [3.05, 3.63) is 212 Å². The summed E-state index contributed by atoms with van der Waals surface area (Å²) in [5.74, 6) is 0. The Morgan fingerprint density at radius 1 is 0.316 bits per heavy atom. The van der Waals surface area contributed by atoms with Crippen molar-refractivity contribution in [2.75, 3.05) is 0 Å². The summed E-state index contributed by atoms with van der Waals surface area (Å²) >= 11 is 0. The van der Waals surface area contributed by atoms with Gasteiger partial charge in [0.15, 0.2) is 0 Å². The molecule has 0 N–H and O–H groups in total. The van der Waals surface area contributed by atoms with Gasteiger partial charge in [-0.25, -0.2) is 0 Å². The highest BCUT2D eigenvalue weighted by Gasteiger charge is 2.19. The molecule has 3 heteroatoms. The number of fused-ring (bicyclic) bond motifs is 9. The highest BCUT2D eigenvalue weighted by atomic mass is 15.0. The molecule has 0 aliphatic carbocycles. The second-order valence-electron chi connectivity index (χ2n) is 13.5. The van der Waals surface area contributed by atoms with Crippen LogP contribution < -0.4 is 0 Å². The Balaban J connectivity index is 1.21. The predicted molar refractivity (Wildman–Crippen MR) is 240 cm³/mol. The number of para-hydroxylation sites is 5. The van der Waals surface area contributed by atoms with E-state index in [1.165, 1.54) is 13.7 Å². The third-order valence-corrected chi connectivity index (χ3v) is 10.4. The summed E-state index contributed by atoms with van der Waals surface area (Å²) in [6, 6.07) is 16.5. The van der Waals surface area contributed by atoms with Crippen LogP contribution in [0.4, 0.5) is 0 Å². The standard InChI is InChI=1S/C54H35N3/c1-3-15-36(16-4-1)41-19-7-11-23-48(41)57-51-26-14-10-22-44(51)47-34-38(28-32-53(47)57)37-27-31-52-46(33-37)43-21-9-13-25-50(43)56(52)40-29-30-45-42-20-8-12-24-49(42)55(54(45)35-40)39-17-5-2-6-18-39/h1-35H/i2D,5D,6D,9D,10D,13D,14D,17D,18D,21D,22D,25D,26D,27D,28D,31D,32D,33D,34D. The van der Waals surface area contributed by atoms with Crippen LogP contribution in [-0.4, -0.2) is 13.7 Å². The fourth-order valence-electron chi connectivity index (χ4n) is 8.00. The molecule has 9 aromatic carbocycles. The van der Waals surface area contributed by atoms with E-state index in [0.29, 0.717) is 33.1 Å². The van der Waals surface area contributed by atoms with Gasteiger partial charge in [-0.1, -0.05) is 139 Å². The first kappa shape index (κ1) is 18.3. The first-order valence-corrected chi connectivity index (χ1v) is 18.1. The Labute approximate surface area is 356 Å². The Kier molecular flexibility index (Phi) is 4.01. The van der Waals surface area contributed by atoms with Gasteiger partial charge in [0.05, 0.1) is 64.8 Å². The van der Waals surface area contributed by atoms with Gasteiger partial charge in [0, 0.05) is 49.3 Å². The zero-order valence-electron chi connectivity index (χ0n) is 48.6. The lowest BCUT2D eigenvalue weighted by atomic mass is 10.0. The second kappa shape index (κ2) is 12.5. The van der Waals surface area contributed by atoms with Gasteiger partial charge in [-0.15, -0.1) is 0 Å². The van der Waals surface area contributed by atoms with Crippen LogP contribution >= 0.6 is 0 Å². The lowest BCUT2D eigenvalue weighted by molar-refractivity contribution is 1.15. The highest BCUT2D eigenvalue weighted by Crippen LogP contribution is 2.41. The van der Waals surface area contributed by atoms with Gasteiger partial charge in [0.1, 0.15) is 0 Å². The van der Waals surface area contributed by atoms with E-state index in [1.807, 2.05) is 30.3 Å². The predicted octanol–water partition coefficient (Wildman–Crippen LogP) is 14.3. The molecule has 3 aromatic heterocycles. The maximum absolute atomic E-state index is 10.0. The van der Waals surface area contributed by atoms with Crippen molar-refractivity contribution >= 4 is 65.4 Å². The highest BCUT2D eigenvalue weighted by molar-refractivity contribution is 6.14. The summed E-state index contributed by atoms with van der Waals surface area (Å²) in [6.07, 6.45) is 0. The minimum atomic E-state index is -0.730. The van der Waals surface area contributed by atoms with E-state index in [1.54, 1.807) is 66.7 Å². The minimum Gasteiger partial charge on any atom is -0.309 e. The third-order valence-electron chi connectivity index (χ3n) is 10.4. The fraction of sp³-hybridized carbons (Fsp3) is 0. The number of rotatable bonds is 5. The van der Waals surface area contributed by atoms with Crippen molar-refractivity contribution in [1.82, 2.24) is 13.7 Å². The summed E-state index contributed by atoms with van der Waals surface area (Å²) in [5.41, 5.74) is 0.702. The van der Waals surface area contributed by atoms with Gasteiger partial charge in [-0.2, -0.15) is 0 Å². The van der Waals surface area contributed by atoms with E-state index in [2.05, 4.69) is 0 Å². The number of benzene rings is 9. The molecule has 3 heterocycles. The molecule has 0 saturated heterocycles. The van der Waals surface area contributed by atoms with E-state index in [4.69, 9.17) is 12.3 Å². The molecule has 0 atom stereocenters. The van der Waals surface area contributed by atoms with Gasteiger partial charge in [0.2, 0.25) is 0 Å². The molecule has 0 aliphatic heterocycles. The fourth-order valence-corrected chi connectivity index (χ4v) is 8.00. The van der Waals surface area contributed by atoms with Gasteiger partial charge in [-0.3, -0.25) is 0 Å². The smallest absolute Gasteiger partial charge is 0.0645 e. The van der Waals surface area contributed by atoms with Crippen LogP contribution in [0.2, 0.25) is 0 Å². The number of hydrogen-bond donors (Lipinski definition) is 0. The van der Waals surface area contributed by atoms with Gasteiger partial charge in [-0.05, 0) is 89.3 Å². The largest absolute Gasteiger partial charge is 0.309 e. The van der Waals surface area contributed by atoms with Crippen LogP contribution in [0.1, 0.15) is 26.0 Å². The summed E-state index contributed by atoms with van der Waals surface area (Å²) < 4.78 is 179. The molecule has 0 aliphatic rings. The molecular formula is C54H35N3. The van der Waals surface area contributed by atoms with Crippen molar-refractivity contribution in [3.8, 4) is 39.3 Å². The molecule has 12 rings (SSSR count). The quantitative estimate of drug-likeness (QED) is 0.167. The molecule has 266 valence electrons. The maximum Gasteiger partial charge on any atom is 0.0645 e. The molecule has 57 heavy (non-hydrogen) atoms. The minimum absolute atomic E-state index is 0.0987. The first-order chi connectivity index (χ1) is 36.2. The van der Waals surface area contributed by atoms with E-state index >= 15 is 0 Å². The van der Waals surface area contributed by atoms with Crippen molar-refractivity contribution in [1.29, 1.82) is 0 Å². The van der Waals surface area contributed by atoms with Crippen molar-refractivity contribution in [3.63, 3.8) is 0 Å². The normalized spacial score (nSPS) is 16.5. The van der Waals surface area contributed by atoms with E-state index in [0.717, 1.165) is 5.56 Å². The molecule has 0 radical (unpaired) electrons. The van der Waals surface area contributed by atoms with Gasteiger partial charge < -0.3 is 13.7 Å². The molecule has 3 nitrogen and oxygen atoms in total. The molecular weight excluding hydrogens is 691 g/mol. The topological polar surface area (TPSA) is 14.8 Å². The summed E-state index contributed by atoms with van der Waals surface area (Å²) in [7, 11) is 0. The SMILES string of the molecule is [2H]c1c([2H])c([2H])c(-n2c3ccccc3c3ccc(-n4c5c([2H])c([2H])c([2H])c([2H])c5c5c([2H])c(-c6c([2H])c([2H])c7c(c6[2H])c6c([2H])c([2H])c([2H])c([2H])c6n7-c6ccccc6-c6ccccc6)c([2H])c([2H])c54)cc32)c([2H])c1[2H]. The summed E-state index contributed by atoms with van der Waals surface area (Å²) in [6.45, 7) is 0. The van der Waals surface area contributed by atoms with Crippen molar-refractivity contribution in [2.24, 2.45) is 0 Å². The number of nitrogens with zero attached hydrogens (tertiary/aromatic N) is 3.